The molecule has 0 rings (SSSR count). The van der Waals surface area contributed by atoms with Gasteiger partial charge in [0.1, 0.15) is 6.04 Å². The van der Waals surface area contributed by atoms with Gasteiger partial charge >= 0.3 is 12.0 Å². The maximum absolute atomic E-state index is 11.6. The third-order valence-corrected chi connectivity index (χ3v) is 2.60. The van der Waals surface area contributed by atoms with Crippen molar-refractivity contribution in [3.05, 3.63) is 0 Å². The molecule has 0 aliphatic heterocycles. The van der Waals surface area contributed by atoms with Crippen LogP contribution in [0.25, 0.3) is 0 Å². The lowest BCUT2D eigenvalue weighted by Gasteiger charge is -2.27. The Morgan fingerprint density at radius 3 is 2.15 bits per heavy atom. The second kappa shape index (κ2) is 8.39. The van der Waals surface area contributed by atoms with Gasteiger partial charge in [0.2, 0.25) is 5.91 Å². The van der Waals surface area contributed by atoms with Gasteiger partial charge in [0.05, 0.1) is 0 Å². The zero-order chi connectivity index (χ0) is 15.8. The molecule has 0 unspecified atom stereocenters. The van der Waals surface area contributed by atoms with Crippen molar-refractivity contribution < 1.29 is 19.5 Å². The predicted molar refractivity (Wildman–Crippen MR) is 75.3 cm³/mol. The van der Waals surface area contributed by atoms with Gasteiger partial charge in [-0.3, -0.25) is 4.79 Å². The summed E-state index contributed by atoms with van der Waals surface area (Å²) in [5, 5.41) is 16.6. The maximum Gasteiger partial charge on any atom is 0.326 e. The van der Waals surface area contributed by atoms with Crippen LogP contribution in [-0.4, -0.2) is 42.1 Å². The van der Waals surface area contributed by atoms with Gasteiger partial charge in [-0.05, 0) is 11.8 Å². The number of carbonyl (C=O) groups excluding carboxylic acids is 2. The van der Waals surface area contributed by atoms with Crippen molar-refractivity contribution in [2.45, 2.75) is 46.6 Å². The molecule has 0 radical (unpaired) electrons. The van der Waals surface area contributed by atoms with Gasteiger partial charge < -0.3 is 21.1 Å². The Morgan fingerprint density at radius 1 is 1.10 bits per heavy atom. The molecule has 0 aliphatic rings. The summed E-state index contributed by atoms with van der Waals surface area (Å²) in [5.41, 5.74) is -0.596. The lowest BCUT2D eigenvalue weighted by atomic mass is 9.87. The summed E-state index contributed by atoms with van der Waals surface area (Å²) in [6.45, 7) is 7.90. The minimum Gasteiger partial charge on any atom is -0.480 e. The van der Waals surface area contributed by atoms with E-state index in [1.807, 2.05) is 6.92 Å². The van der Waals surface area contributed by atoms with E-state index in [0.717, 1.165) is 6.42 Å². The molecule has 0 bridgehead atoms. The second-order valence-electron chi connectivity index (χ2n) is 5.64. The first kappa shape index (κ1) is 18.2. The number of hydrogen-bond donors (Lipinski definition) is 4. The summed E-state index contributed by atoms with van der Waals surface area (Å²) in [7, 11) is 0. The van der Waals surface area contributed by atoms with Crippen LogP contribution < -0.4 is 16.0 Å². The van der Waals surface area contributed by atoms with E-state index in [1.54, 1.807) is 20.8 Å². The number of rotatable bonds is 7. The summed E-state index contributed by atoms with van der Waals surface area (Å²) in [6.07, 6.45) is 1.02. The molecule has 0 heterocycles. The third kappa shape index (κ3) is 7.60. The Labute approximate surface area is 119 Å². The van der Waals surface area contributed by atoms with Gasteiger partial charge in [-0.1, -0.05) is 27.7 Å². The van der Waals surface area contributed by atoms with Gasteiger partial charge in [0.25, 0.3) is 0 Å². The molecule has 0 aromatic rings. The van der Waals surface area contributed by atoms with Gasteiger partial charge in [0.15, 0.2) is 0 Å². The number of carboxylic acids is 1. The molecule has 0 saturated heterocycles. The summed E-state index contributed by atoms with van der Waals surface area (Å²) >= 11 is 0. The Hall–Kier alpha value is -1.79. The van der Waals surface area contributed by atoms with E-state index in [9.17, 15) is 14.4 Å². The summed E-state index contributed by atoms with van der Waals surface area (Å²) in [6, 6.07) is -1.58. The highest BCUT2D eigenvalue weighted by Gasteiger charge is 2.32. The van der Waals surface area contributed by atoms with Crippen molar-refractivity contribution in [2.24, 2.45) is 5.41 Å². The quantitative estimate of drug-likeness (QED) is 0.553. The smallest absolute Gasteiger partial charge is 0.326 e. The summed E-state index contributed by atoms with van der Waals surface area (Å²) < 4.78 is 0. The number of carbonyl (C=O) groups is 3. The van der Waals surface area contributed by atoms with Crippen molar-refractivity contribution in [1.82, 2.24) is 16.0 Å². The molecule has 0 saturated carbocycles. The molecule has 3 amide bonds. The van der Waals surface area contributed by atoms with Gasteiger partial charge in [-0.2, -0.15) is 0 Å². The highest BCUT2D eigenvalue weighted by Crippen LogP contribution is 2.19. The highest BCUT2D eigenvalue weighted by molar-refractivity contribution is 5.83. The van der Waals surface area contributed by atoms with E-state index in [2.05, 4.69) is 16.0 Å². The molecular formula is C13H25N3O4. The lowest BCUT2D eigenvalue weighted by molar-refractivity contribution is -0.141. The molecule has 4 N–H and O–H groups in total. The fourth-order valence-corrected chi connectivity index (χ4v) is 1.47. The number of aliphatic carboxylic acids is 1. The van der Waals surface area contributed by atoms with Crippen molar-refractivity contribution in [2.75, 3.05) is 13.1 Å². The number of carboxylic acid groups (broad SMARTS) is 1. The number of nitrogens with one attached hydrogen (secondary N) is 3. The highest BCUT2D eigenvalue weighted by atomic mass is 16.4. The molecule has 7 heteroatoms. The largest absolute Gasteiger partial charge is 0.480 e. The predicted octanol–water partition coefficient (Wildman–Crippen LogP) is 0.701. The standard InChI is InChI=1S/C13H25N3O4/c1-5-7-14-9(17)6-8-15-12(20)16-10(11(18)19)13(2,3)4/h10H,5-8H2,1-4H3,(H,14,17)(H,18,19)(H2,15,16,20)/t10-/m1/s1. The zero-order valence-corrected chi connectivity index (χ0v) is 12.6. The fourth-order valence-electron chi connectivity index (χ4n) is 1.47. The normalized spacial score (nSPS) is 12.4. The van der Waals surface area contributed by atoms with Crippen LogP contribution in [0.1, 0.15) is 40.5 Å². The van der Waals surface area contributed by atoms with E-state index in [0.29, 0.717) is 6.54 Å². The van der Waals surface area contributed by atoms with Crippen LogP contribution in [0.15, 0.2) is 0 Å². The molecule has 0 aliphatic carbocycles. The first-order chi connectivity index (χ1) is 9.18. The van der Waals surface area contributed by atoms with E-state index >= 15 is 0 Å². The third-order valence-electron chi connectivity index (χ3n) is 2.60. The number of amides is 3. The maximum atomic E-state index is 11.6. The van der Waals surface area contributed by atoms with Crippen molar-refractivity contribution in [3.63, 3.8) is 0 Å². The Balaban J connectivity index is 4.10. The van der Waals surface area contributed by atoms with Gasteiger partial charge in [0, 0.05) is 19.5 Å². The topological polar surface area (TPSA) is 108 Å². The summed E-state index contributed by atoms with van der Waals surface area (Å²) in [4.78, 5) is 34.0. The van der Waals surface area contributed by atoms with Crippen LogP contribution in [-0.2, 0) is 9.59 Å². The minimum absolute atomic E-state index is 0.141. The molecule has 0 aromatic carbocycles. The number of urea groups is 1. The van der Waals surface area contributed by atoms with Crippen LogP contribution in [0, 0.1) is 5.41 Å². The Bertz CT molecular complexity index is 350. The van der Waals surface area contributed by atoms with E-state index in [4.69, 9.17) is 5.11 Å². The summed E-state index contributed by atoms with van der Waals surface area (Å²) in [5.74, 6) is -1.23. The Morgan fingerprint density at radius 2 is 1.70 bits per heavy atom. The molecule has 0 aromatic heterocycles. The average molecular weight is 287 g/mol. The fraction of sp³-hybridized carbons (Fsp3) is 0.769. The average Bonchev–Trinajstić information content (AvgIpc) is 2.31. The van der Waals surface area contributed by atoms with Gasteiger partial charge in [-0.15, -0.1) is 0 Å². The van der Waals surface area contributed by atoms with Crippen LogP contribution in [0.2, 0.25) is 0 Å². The Kier molecular flexibility index (Phi) is 7.64. The molecule has 7 nitrogen and oxygen atoms in total. The molecular weight excluding hydrogens is 262 g/mol. The monoisotopic (exact) mass is 287 g/mol. The number of hydrogen-bond acceptors (Lipinski definition) is 3. The van der Waals surface area contributed by atoms with Gasteiger partial charge in [-0.25, -0.2) is 9.59 Å². The second-order valence-corrected chi connectivity index (χ2v) is 5.64. The van der Waals surface area contributed by atoms with Crippen LogP contribution in [0.4, 0.5) is 4.79 Å². The van der Waals surface area contributed by atoms with Crippen molar-refractivity contribution >= 4 is 17.9 Å². The van der Waals surface area contributed by atoms with Crippen LogP contribution in [0.3, 0.4) is 0 Å². The molecule has 20 heavy (non-hydrogen) atoms. The van der Waals surface area contributed by atoms with Crippen molar-refractivity contribution in [1.29, 1.82) is 0 Å². The zero-order valence-electron chi connectivity index (χ0n) is 12.6. The van der Waals surface area contributed by atoms with E-state index in [-0.39, 0.29) is 18.9 Å². The molecule has 116 valence electrons. The van der Waals surface area contributed by atoms with E-state index in [1.165, 1.54) is 0 Å². The van der Waals surface area contributed by atoms with E-state index < -0.39 is 23.5 Å². The first-order valence-corrected chi connectivity index (χ1v) is 6.72. The van der Waals surface area contributed by atoms with Crippen LogP contribution >= 0.6 is 0 Å². The molecule has 1 atom stereocenters. The molecule has 0 spiro atoms. The van der Waals surface area contributed by atoms with Crippen LogP contribution in [0.5, 0.6) is 0 Å². The minimum atomic E-state index is -1.09. The van der Waals surface area contributed by atoms with Crippen molar-refractivity contribution in [3.8, 4) is 0 Å². The SMILES string of the molecule is CCCNC(=O)CCNC(=O)N[C@H](C(=O)O)C(C)(C)C. The molecule has 0 fully saturated rings. The lowest BCUT2D eigenvalue weighted by Crippen LogP contribution is -2.52. The first-order valence-electron chi connectivity index (χ1n) is 6.72.